The van der Waals surface area contributed by atoms with Gasteiger partial charge in [0.1, 0.15) is 0 Å². The third kappa shape index (κ3) is 2.56. The molecule has 0 fully saturated rings. The first-order valence-electron chi connectivity index (χ1n) is 10.8. The molecule has 0 spiro atoms. The number of hydrogen-bond donors (Lipinski definition) is 0. The van der Waals surface area contributed by atoms with Gasteiger partial charge in [0, 0.05) is 28.9 Å². The molecule has 4 aromatic rings. The Hall–Kier alpha value is -3.37. The lowest BCUT2D eigenvalue weighted by atomic mass is 9.77. The van der Waals surface area contributed by atoms with Gasteiger partial charge in [-0.25, -0.2) is 8.42 Å². The van der Waals surface area contributed by atoms with Gasteiger partial charge in [0.2, 0.25) is 9.84 Å². The summed E-state index contributed by atoms with van der Waals surface area (Å²) in [6, 6.07) is 30.1. The van der Waals surface area contributed by atoms with Gasteiger partial charge in [-0.1, -0.05) is 68.4 Å². The fraction of sp³-hybridized carbons (Fsp3) is 0.143. The minimum Gasteiger partial charge on any atom is -0.310 e. The van der Waals surface area contributed by atoms with Gasteiger partial charge in [-0.05, 0) is 58.7 Å². The standard InChI is InChI=1S/C28H23NO2S/c1-28(2)22-11-5-8-14-26(22)32(30,31)27-16-15-21(18-23(27)28)29-24-12-6-3-9-19(24)17-20-10-4-7-13-25(20)29/h3-16,18H,17H2,1-2H3. The minimum absolute atomic E-state index is 0.406. The van der Waals surface area contributed by atoms with Crippen molar-refractivity contribution in [2.75, 3.05) is 4.90 Å². The maximum absolute atomic E-state index is 13.5. The molecule has 0 aromatic heterocycles. The van der Waals surface area contributed by atoms with E-state index in [4.69, 9.17) is 0 Å². The summed E-state index contributed by atoms with van der Waals surface area (Å²) < 4.78 is 26.9. The van der Waals surface area contributed by atoms with Crippen LogP contribution >= 0.6 is 0 Å². The van der Waals surface area contributed by atoms with E-state index in [9.17, 15) is 8.42 Å². The Balaban J connectivity index is 1.61. The molecule has 0 radical (unpaired) electrons. The monoisotopic (exact) mass is 437 g/mol. The lowest BCUT2D eigenvalue weighted by Crippen LogP contribution is -2.30. The third-order valence-corrected chi connectivity index (χ3v) is 8.75. The summed E-state index contributed by atoms with van der Waals surface area (Å²) >= 11 is 0. The molecule has 0 aliphatic carbocycles. The lowest BCUT2D eigenvalue weighted by molar-refractivity contribution is 0.555. The topological polar surface area (TPSA) is 37.4 Å². The zero-order chi connectivity index (χ0) is 22.1. The van der Waals surface area contributed by atoms with E-state index in [1.165, 1.54) is 11.1 Å². The van der Waals surface area contributed by atoms with E-state index in [0.717, 1.165) is 34.6 Å². The summed E-state index contributed by atoms with van der Waals surface area (Å²) in [5.74, 6) is 0. The summed E-state index contributed by atoms with van der Waals surface area (Å²) in [4.78, 5) is 3.08. The van der Waals surface area contributed by atoms with Gasteiger partial charge in [0.05, 0.1) is 9.79 Å². The van der Waals surface area contributed by atoms with Gasteiger partial charge in [-0.15, -0.1) is 0 Å². The highest BCUT2D eigenvalue weighted by Crippen LogP contribution is 2.49. The number of hydrogen-bond acceptors (Lipinski definition) is 3. The Morgan fingerprint density at radius 1 is 0.688 bits per heavy atom. The molecule has 0 amide bonds. The highest BCUT2D eigenvalue weighted by molar-refractivity contribution is 7.91. The number of rotatable bonds is 1. The van der Waals surface area contributed by atoms with Crippen molar-refractivity contribution in [1.29, 1.82) is 0 Å². The van der Waals surface area contributed by atoms with Crippen LogP contribution in [0.15, 0.2) is 101 Å². The minimum atomic E-state index is -3.56. The molecule has 6 rings (SSSR count). The van der Waals surface area contributed by atoms with Crippen molar-refractivity contribution in [3.8, 4) is 0 Å². The fourth-order valence-corrected chi connectivity index (χ4v) is 7.19. The zero-order valence-electron chi connectivity index (χ0n) is 18.0. The molecule has 0 atom stereocenters. The molecule has 0 bridgehead atoms. The summed E-state index contributed by atoms with van der Waals surface area (Å²) in [7, 11) is -3.56. The van der Waals surface area contributed by atoms with Gasteiger partial charge >= 0.3 is 0 Å². The number of benzene rings is 4. The first kappa shape index (κ1) is 19.3. The van der Waals surface area contributed by atoms with Gasteiger partial charge in [0.25, 0.3) is 0 Å². The van der Waals surface area contributed by atoms with Crippen LogP contribution in [0.25, 0.3) is 0 Å². The molecule has 0 N–H and O–H groups in total. The summed E-state index contributed by atoms with van der Waals surface area (Å²) in [5, 5.41) is 0. The van der Waals surface area contributed by atoms with Crippen molar-refractivity contribution in [1.82, 2.24) is 0 Å². The molecule has 3 nitrogen and oxygen atoms in total. The van der Waals surface area contributed by atoms with Crippen molar-refractivity contribution in [2.24, 2.45) is 0 Å². The molecular formula is C28H23NO2S. The van der Waals surface area contributed by atoms with Gasteiger partial charge in [0.15, 0.2) is 0 Å². The number of fused-ring (bicyclic) bond motifs is 4. The van der Waals surface area contributed by atoms with Crippen LogP contribution in [0.1, 0.15) is 36.1 Å². The molecule has 2 aliphatic rings. The van der Waals surface area contributed by atoms with Crippen molar-refractivity contribution < 1.29 is 8.42 Å². The van der Waals surface area contributed by atoms with E-state index >= 15 is 0 Å². The van der Waals surface area contributed by atoms with E-state index < -0.39 is 15.3 Å². The first-order valence-corrected chi connectivity index (χ1v) is 12.3. The van der Waals surface area contributed by atoms with E-state index in [2.05, 4.69) is 73.3 Å². The molecule has 0 saturated carbocycles. The highest BCUT2D eigenvalue weighted by Gasteiger charge is 2.40. The Morgan fingerprint density at radius 3 is 1.94 bits per heavy atom. The Bertz CT molecular complexity index is 1460. The SMILES string of the molecule is CC1(C)c2ccccc2S(=O)(=O)c2ccc(N3c4ccccc4Cc4ccccc43)cc21. The van der Waals surface area contributed by atoms with Crippen LogP contribution in [0.2, 0.25) is 0 Å². The van der Waals surface area contributed by atoms with Gasteiger partial charge in [-0.3, -0.25) is 0 Å². The highest BCUT2D eigenvalue weighted by atomic mass is 32.2. The maximum atomic E-state index is 13.5. The smallest absolute Gasteiger partial charge is 0.207 e. The summed E-state index contributed by atoms with van der Waals surface area (Å²) in [6.45, 7) is 4.22. The molecule has 4 aromatic carbocycles. The number of anilines is 3. The second kappa shape index (κ2) is 6.57. The van der Waals surface area contributed by atoms with Crippen molar-refractivity contribution in [3.63, 3.8) is 0 Å². The molecule has 158 valence electrons. The van der Waals surface area contributed by atoms with Crippen LogP contribution in [-0.4, -0.2) is 8.42 Å². The second-order valence-electron chi connectivity index (χ2n) is 9.07. The summed E-state index contributed by atoms with van der Waals surface area (Å²) in [5.41, 5.74) is 7.06. The quantitative estimate of drug-likeness (QED) is 0.299. The van der Waals surface area contributed by atoms with Crippen LogP contribution in [-0.2, 0) is 21.7 Å². The molecule has 0 saturated heterocycles. The summed E-state index contributed by atoms with van der Waals surface area (Å²) in [6.07, 6.45) is 0.890. The predicted molar refractivity (Wildman–Crippen MR) is 128 cm³/mol. The van der Waals surface area contributed by atoms with Crippen molar-refractivity contribution >= 4 is 26.9 Å². The molecule has 2 aliphatic heterocycles. The van der Waals surface area contributed by atoms with Crippen LogP contribution in [0.5, 0.6) is 0 Å². The third-order valence-electron chi connectivity index (χ3n) is 6.88. The largest absolute Gasteiger partial charge is 0.310 e. The zero-order valence-corrected chi connectivity index (χ0v) is 18.9. The number of para-hydroxylation sites is 2. The average molecular weight is 438 g/mol. The molecule has 2 heterocycles. The number of sulfone groups is 1. The van der Waals surface area contributed by atoms with Crippen molar-refractivity contribution in [2.45, 2.75) is 35.5 Å². The van der Waals surface area contributed by atoms with E-state index in [-0.39, 0.29) is 0 Å². The second-order valence-corrected chi connectivity index (χ2v) is 11.0. The maximum Gasteiger partial charge on any atom is 0.207 e. The molecule has 0 unspecified atom stereocenters. The van der Waals surface area contributed by atoms with Crippen LogP contribution in [0.4, 0.5) is 17.1 Å². The first-order chi connectivity index (χ1) is 15.4. The Morgan fingerprint density at radius 2 is 1.25 bits per heavy atom. The average Bonchev–Trinajstić information content (AvgIpc) is 2.81. The fourth-order valence-electron chi connectivity index (χ4n) is 5.23. The predicted octanol–water partition coefficient (Wildman–Crippen LogP) is 6.53. The normalized spacial score (nSPS) is 17.0. The molecular weight excluding hydrogens is 414 g/mol. The van der Waals surface area contributed by atoms with Gasteiger partial charge in [-0.2, -0.15) is 0 Å². The van der Waals surface area contributed by atoms with Crippen LogP contribution in [0, 0.1) is 0 Å². The van der Waals surface area contributed by atoms with E-state index in [0.29, 0.717) is 9.79 Å². The molecule has 4 heteroatoms. The Labute approximate surface area is 188 Å². The lowest BCUT2D eigenvalue weighted by Gasteiger charge is -2.37. The van der Waals surface area contributed by atoms with Crippen molar-refractivity contribution in [3.05, 3.63) is 113 Å². The number of nitrogens with zero attached hydrogens (tertiary/aromatic N) is 1. The van der Waals surface area contributed by atoms with Gasteiger partial charge < -0.3 is 4.90 Å². The Kier molecular flexibility index (Phi) is 3.96. The molecule has 32 heavy (non-hydrogen) atoms. The van der Waals surface area contributed by atoms with E-state index in [1.54, 1.807) is 18.2 Å². The van der Waals surface area contributed by atoms with Crippen LogP contribution < -0.4 is 4.90 Å². The van der Waals surface area contributed by atoms with Crippen LogP contribution in [0.3, 0.4) is 0 Å². The van der Waals surface area contributed by atoms with E-state index in [1.807, 2.05) is 18.2 Å².